The van der Waals surface area contributed by atoms with Gasteiger partial charge in [-0.05, 0) is 11.5 Å². The van der Waals surface area contributed by atoms with Gasteiger partial charge in [-0.25, -0.2) is 13.4 Å². The summed E-state index contributed by atoms with van der Waals surface area (Å²) in [5.41, 5.74) is 6.21. The lowest BCUT2D eigenvalue weighted by molar-refractivity contribution is -0.00195. The number of hydrogen-bond acceptors (Lipinski definition) is 6. The molecule has 136 valence electrons. The number of thiophene rings is 1. The normalized spacial score (nSPS) is 19.0. The van der Waals surface area contributed by atoms with E-state index in [-0.39, 0.29) is 24.7 Å². The number of imidazole rings is 1. The molecule has 1 saturated heterocycles. The number of benzene rings is 1. The third-order valence-electron chi connectivity index (χ3n) is 4.29. The number of nitrogens with two attached hydrogens (primary N) is 1. The molecule has 0 unspecified atom stereocenters. The molecule has 1 aromatic carbocycles. The van der Waals surface area contributed by atoms with Gasteiger partial charge in [0.2, 0.25) is 0 Å². The summed E-state index contributed by atoms with van der Waals surface area (Å²) in [7, 11) is -3.73. The number of ether oxygens (including phenoxy) is 1. The molecule has 3 heterocycles. The number of aromatic nitrogens is 2. The fourth-order valence-electron chi connectivity index (χ4n) is 3.11. The number of carbonyl (C=O) groups is 1. The van der Waals surface area contributed by atoms with Crippen molar-refractivity contribution >= 4 is 37.4 Å². The Morgan fingerprint density at radius 3 is 2.92 bits per heavy atom. The van der Waals surface area contributed by atoms with Crippen molar-refractivity contribution in [3.05, 3.63) is 47.2 Å². The van der Waals surface area contributed by atoms with Gasteiger partial charge in [-0.1, -0.05) is 18.2 Å². The highest BCUT2D eigenvalue weighted by molar-refractivity contribution is 7.89. The first-order valence-corrected chi connectivity index (χ1v) is 10.2. The SMILES string of the molecule is NC(=O)c1sc2ccccc2c1[C@@H]1CN(S(=O)(=O)c2c[nH]cn2)CCO1. The maximum Gasteiger partial charge on any atom is 0.262 e. The van der Waals surface area contributed by atoms with Crippen LogP contribution in [0.5, 0.6) is 0 Å². The summed E-state index contributed by atoms with van der Waals surface area (Å²) < 4.78 is 33.6. The average molecular weight is 392 g/mol. The van der Waals surface area contributed by atoms with E-state index in [9.17, 15) is 13.2 Å². The van der Waals surface area contributed by atoms with Gasteiger partial charge in [-0.15, -0.1) is 11.3 Å². The van der Waals surface area contributed by atoms with Crippen LogP contribution < -0.4 is 5.73 Å². The fourth-order valence-corrected chi connectivity index (χ4v) is 5.53. The maximum atomic E-state index is 12.7. The number of amides is 1. The van der Waals surface area contributed by atoms with Crippen LogP contribution in [0, 0.1) is 0 Å². The number of nitrogens with one attached hydrogen (secondary N) is 1. The molecule has 3 aromatic rings. The lowest BCUT2D eigenvalue weighted by Crippen LogP contribution is -2.42. The zero-order chi connectivity index (χ0) is 18.3. The van der Waals surface area contributed by atoms with Crippen LogP contribution in [0.4, 0.5) is 0 Å². The van der Waals surface area contributed by atoms with Crippen LogP contribution in [-0.4, -0.2) is 48.3 Å². The van der Waals surface area contributed by atoms with Gasteiger partial charge in [0.1, 0.15) is 0 Å². The highest BCUT2D eigenvalue weighted by atomic mass is 32.2. The molecule has 0 bridgehead atoms. The fraction of sp³-hybridized carbons (Fsp3) is 0.250. The Balaban J connectivity index is 1.74. The summed E-state index contributed by atoms with van der Waals surface area (Å²) in [5, 5.41) is 0.818. The second-order valence-corrected chi connectivity index (χ2v) is 8.77. The number of rotatable bonds is 4. The van der Waals surface area contributed by atoms with Crippen LogP contribution in [-0.2, 0) is 14.8 Å². The number of nitrogens with zero attached hydrogens (tertiary/aromatic N) is 2. The first-order chi connectivity index (χ1) is 12.5. The van der Waals surface area contributed by atoms with E-state index in [4.69, 9.17) is 10.5 Å². The minimum atomic E-state index is -3.73. The van der Waals surface area contributed by atoms with Gasteiger partial charge in [0.25, 0.3) is 15.9 Å². The van der Waals surface area contributed by atoms with Crippen LogP contribution in [0.1, 0.15) is 21.3 Å². The lowest BCUT2D eigenvalue weighted by Gasteiger charge is -2.32. The molecule has 10 heteroatoms. The van der Waals surface area contributed by atoms with E-state index in [1.54, 1.807) is 0 Å². The lowest BCUT2D eigenvalue weighted by atomic mass is 10.0. The van der Waals surface area contributed by atoms with E-state index >= 15 is 0 Å². The van der Waals surface area contributed by atoms with Crippen LogP contribution in [0.15, 0.2) is 41.8 Å². The van der Waals surface area contributed by atoms with Crippen molar-refractivity contribution in [1.82, 2.24) is 14.3 Å². The Morgan fingerprint density at radius 1 is 1.38 bits per heavy atom. The van der Waals surface area contributed by atoms with E-state index in [1.807, 2.05) is 24.3 Å². The van der Waals surface area contributed by atoms with Crippen LogP contribution >= 0.6 is 11.3 Å². The molecule has 1 aliphatic rings. The van der Waals surface area contributed by atoms with Crippen LogP contribution in [0.3, 0.4) is 0 Å². The highest BCUT2D eigenvalue weighted by Gasteiger charge is 2.35. The van der Waals surface area contributed by atoms with Gasteiger partial charge in [0.15, 0.2) is 5.03 Å². The molecule has 26 heavy (non-hydrogen) atoms. The predicted octanol–water partition coefficient (Wildman–Crippen LogP) is 1.49. The van der Waals surface area contributed by atoms with E-state index in [0.717, 1.165) is 10.1 Å². The molecule has 1 amide bonds. The van der Waals surface area contributed by atoms with Gasteiger partial charge in [0.05, 0.1) is 23.9 Å². The summed E-state index contributed by atoms with van der Waals surface area (Å²) in [6.45, 7) is 0.534. The molecular weight excluding hydrogens is 376 g/mol. The number of sulfonamides is 1. The van der Waals surface area contributed by atoms with Crippen LogP contribution in [0.2, 0.25) is 0 Å². The van der Waals surface area contributed by atoms with Crippen molar-refractivity contribution in [2.45, 2.75) is 11.1 Å². The van der Waals surface area contributed by atoms with Gasteiger partial charge >= 0.3 is 0 Å². The number of carbonyl (C=O) groups excluding carboxylic acids is 1. The Morgan fingerprint density at radius 2 is 2.19 bits per heavy atom. The molecule has 8 nitrogen and oxygen atoms in total. The summed E-state index contributed by atoms with van der Waals surface area (Å²) in [6.07, 6.45) is 2.09. The smallest absolute Gasteiger partial charge is 0.262 e. The highest BCUT2D eigenvalue weighted by Crippen LogP contribution is 2.38. The number of morpholine rings is 1. The van der Waals surface area contributed by atoms with E-state index < -0.39 is 22.0 Å². The second kappa shape index (κ2) is 6.47. The largest absolute Gasteiger partial charge is 0.371 e. The topological polar surface area (TPSA) is 118 Å². The van der Waals surface area contributed by atoms with E-state index in [0.29, 0.717) is 10.4 Å². The average Bonchev–Trinajstić information content (AvgIpc) is 3.30. The first-order valence-electron chi connectivity index (χ1n) is 7.90. The minimum absolute atomic E-state index is 0.0385. The standard InChI is InChI=1S/C16H16N4O4S2/c17-16(21)15-14(10-3-1-2-4-12(10)25-15)11-8-20(5-6-24-11)26(22,23)13-7-18-9-19-13/h1-4,7,9,11H,5-6,8H2,(H2,17,21)(H,18,19)/t11-/m0/s1. The summed E-state index contributed by atoms with van der Waals surface area (Å²) in [5.74, 6) is -0.544. The predicted molar refractivity (Wildman–Crippen MR) is 96.4 cm³/mol. The Hall–Kier alpha value is -2.27. The number of primary amides is 1. The molecule has 1 aliphatic heterocycles. The van der Waals surface area contributed by atoms with Crippen molar-refractivity contribution in [1.29, 1.82) is 0 Å². The van der Waals surface area contributed by atoms with Crippen molar-refractivity contribution in [3.8, 4) is 0 Å². The molecule has 2 aromatic heterocycles. The van der Waals surface area contributed by atoms with Gasteiger partial charge in [-0.2, -0.15) is 4.31 Å². The quantitative estimate of drug-likeness (QED) is 0.697. The third kappa shape index (κ3) is 2.80. The Bertz CT molecular complexity index is 1060. The van der Waals surface area contributed by atoms with Crippen molar-refractivity contribution in [2.75, 3.05) is 19.7 Å². The molecule has 0 radical (unpaired) electrons. The molecule has 0 saturated carbocycles. The zero-order valence-electron chi connectivity index (χ0n) is 13.6. The Labute approximate surface area is 153 Å². The maximum absolute atomic E-state index is 12.7. The van der Waals surface area contributed by atoms with Crippen molar-refractivity contribution in [3.63, 3.8) is 0 Å². The molecular formula is C16H16N4O4S2. The number of hydrogen-bond donors (Lipinski definition) is 2. The summed E-state index contributed by atoms with van der Waals surface area (Å²) in [4.78, 5) is 18.8. The molecule has 1 fully saturated rings. The molecule has 0 spiro atoms. The molecule has 1 atom stereocenters. The minimum Gasteiger partial charge on any atom is -0.371 e. The first kappa shape index (κ1) is 17.2. The summed E-state index contributed by atoms with van der Waals surface area (Å²) in [6, 6.07) is 7.53. The number of H-pyrrole nitrogens is 1. The zero-order valence-corrected chi connectivity index (χ0v) is 15.2. The third-order valence-corrected chi connectivity index (χ3v) is 7.25. The molecule has 3 N–H and O–H groups in total. The van der Waals surface area contributed by atoms with E-state index in [1.165, 1.54) is 28.2 Å². The Kier molecular flexibility index (Phi) is 4.27. The van der Waals surface area contributed by atoms with E-state index in [2.05, 4.69) is 9.97 Å². The van der Waals surface area contributed by atoms with Crippen LogP contribution in [0.25, 0.3) is 10.1 Å². The number of aromatic amines is 1. The second-order valence-electron chi connectivity index (χ2n) is 5.84. The number of fused-ring (bicyclic) bond motifs is 1. The van der Waals surface area contributed by atoms with Gasteiger partial charge in [-0.3, -0.25) is 4.79 Å². The summed E-state index contributed by atoms with van der Waals surface area (Å²) >= 11 is 1.29. The molecule has 0 aliphatic carbocycles. The van der Waals surface area contributed by atoms with Gasteiger partial charge in [0, 0.05) is 29.5 Å². The van der Waals surface area contributed by atoms with Gasteiger partial charge < -0.3 is 15.5 Å². The molecule has 4 rings (SSSR count). The van der Waals surface area contributed by atoms with Crippen molar-refractivity contribution < 1.29 is 17.9 Å². The monoisotopic (exact) mass is 392 g/mol. The van der Waals surface area contributed by atoms with Crippen molar-refractivity contribution in [2.24, 2.45) is 5.73 Å².